The SMILES string of the molecule is Cc1ccccc1SCc1nc(N)c(Br)c(C(C)(C)C)n1. The second kappa shape index (κ2) is 6.36. The lowest BCUT2D eigenvalue weighted by molar-refractivity contribution is 0.561. The van der Waals surface area contributed by atoms with Crippen molar-refractivity contribution in [3.63, 3.8) is 0 Å². The topological polar surface area (TPSA) is 51.8 Å². The minimum Gasteiger partial charge on any atom is -0.383 e. The Balaban J connectivity index is 2.26. The highest BCUT2D eigenvalue weighted by atomic mass is 79.9. The van der Waals surface area contributed by atoms with Gasteiger partial charge in [-0.3, -0.25) is 0 Å². The molecule has 0 radical (unpaired) electrons. The number of hydrogen-bond acceptors (Lipinski definition) is 4. The maximum Gasteiger partial charge on any atom is 0.141 e. The third-order valence-corrected chi connectivity index (χ3v) is 5.04. The van der Waals surface area contributed by atoms with Gasteiger partial charge < -0.3 is 5.73 Å². The summed E-state index contributed by atoms with van der Waals surface area (Å²) in [6, 6.07) is 8.32. The Bertz CT molecular complexity index is 650. The summed E-state index contributed by atoms with van der Waals surface area (Å²) in [5.74, 6) is 2.00. The van der Waals surface area contributed by atoms with Crippen molar-refractivity contribution >= 4 is 33.5 Å². The molecule has 1 aromatic heterocycles. The van der Waals surface area contributed by atoms with E-state index >= 15 is 0 Å². The van der Waals surface area contributed by atoms with Crippen molar-refractivity contribution in [1.29, 1.82) is 0 Å². The largest absolute Gasteiger partial charge is 0.383 e. The fourth-order valence-corrected chi connectivity index (χ4v) is 3.59. The molecule has 2 N–H and O–H groups in total. The highest BCUT2D eigenvalue weighted by Gasteiger charge is 2.22. The van der Waals surface area contributed by atoms with Gasteiger partial charge in [0, 0.05) is 10.3 Å². The van der Waals surface area contributed by atoms with Gasteiger partial charge in [0.05, 0.1) is 15.9 Å². The van der Waals surface area contributed by atoms with Gasteiger partial charge in [-0.1, -0.05) is 39.0 Å². The van der Waals surface area contributed by atoms with Gasteiger partial charge in [0.1, 0.15) is 11.6 Å². The molecule has 0 atom stereocenters. The molecular formula is C16H20BrN3S. The van der Waals surface area contributed by atoms with Crippen LogP contribution in [0.4, 0.5) is 5.82 Å². The highest BCUT2D eigenvalue weighted by molar-refractivity contribution is 9.10. The van der Waals surface area contributed by atoms with E-state index in [9.17, 15) is 0 Å². The maximum absolute atomic E-state index is 6.01. The van der Waals surface area contributed by atoms with Gasteiger partial charge in [0.2, 0.25) is 0 Å². The van der Waals surface area contributed by atoms with Crippen LogP contribution in [0, 0.1) is 6.92 Å². The molecule has 1 heterocycles. The Hall–Kier alpha value is -1.07. The van der Waals surface area contributed by atoms with Crippen molar-refractivity contribution < 1.29 is 0 Å². The van der Waals surface area contributed by atoms with Crippen molar-refractivity contribution in [2.24, 2.45) is 0 Å². The Labute approximate surface area is 138 Å². The van der Waals surface area contributed by atoms with Gasteiger partial charge in [-0.25, -0.2) is 9.97 Å². The van der Waals surface area contributed by atoms with E-state index in [4.69, 9.17) is 10.7 Å². The summed E-state index contributed by atoms with van der Waals surface area (Å²) < 4.78 is 0.805. The first kappa shape index (κ1) is 16.3. The number of rotatable bonds is 3. The Kier molecular flexibility index (Phi) is 4.94. The van der Waals surface area contributed by atoms with Crippen LogP contribution in [-0.4, -0.2) is 9.97 Å². The number of nitrogen functional groups attached to an aromatic ring is 1. The maximum atomic E-state index is 6.01. The molecule has 0 unspecified atom stereocenters. The van der Waals surface area contributed by atoms with E-state index in [0.29, 0.717) is 11.6 Å². The van der Waals surface area contributed by atoms with E-state index in [-0.39, 0.29) is 5.41 Å². The molecule has 0 saturated carbocycles. The van der Waals surface area contributed by atoms with Gasteiger partial charge in [-0.05, 0) is 34.5 Å². The molecule has 5 heteroatoms. The summed E-state index contributed by atoms with van der Waals surface area (Å²) in [6.45, 7) is 8.48. The van der Waals surface area contributed by atoms with E-state index in [1.807, 2.05) is 12.1 Å². The molecule has 0 amide bonds. The lowest BCUT2D eigenvalue weighted by Gasteiger charge is -2.20. The van der Waals surface area contributed by atoms with Crippen LogP contribution >= 0.6 is 27.7 Å². The number of halogens is 1. The summed E-state index contributed by atoms with van der Waals surface area (Å²) in [4.78, 5) is 10.3. The molecule has 0 saturated heterocycles. The average Bonchev–Trinajstić information content (AvgIpc) is 2.40. The zero-order valence-electron chi connectivity index (χ0n) is 12.8. The summed E-state index contributed by atoms with van der Waals surface area (Å²) >= 11 is 5.24. The van der Waals surface area contributed by atoms with Crippen molar-refractivity contribution in [2.75, 3.05) is 5.73 Å². The van der Waals surface area contributed by atoms with Crippen LogP contribution in [0.15, 0.2) is 33.6 Å². The first-order valence-electron chi connectivity index (χ1n) is 6.80. The van der Waals surface area contributed by atoms with E-state index in [1.54, 1.807) is 11.8 Å². The quantitative estimate of drug-likeness (QED) is 0.799. The third kappa shape index (κ3) is 3.98. The van der Waals surface area contributed by atoms with E-state index in [1.165, 1.54) is 10.5 Å². The van der Waals surface area contributed by atoms with Crippen LogP contribution in [0.2, 0.25) is 0 Å². The smallest absolute Gasteiger partial charge is 0.141 e. The predicted molar refractivity (Wildman–Crippen MR) is 93.6 cm³/mol. The van der Waals surface area contributed by atoms with Gasteiger partial charge in [0.15, 0.2) is 0 Å². The minimum atomic E-state index is -0.0715. The van der Waals surface area contributed by atoms with Crippen LogP contribution < -0.4 is 5.73 Å². The zero-order valence-corrected chi connectivity index (χ0v) is 15.2. The van der Waals surface area contributed by atoms with Crippen molar-refractivity contribution in [3.05, 3.63) is 45.8 Å². The molecule has 0 spiro atoms. The molecule has 2 aromatic rings. The normalized spacial score (nSPS) is 11.7. The van der Waals surface area contributed by atoms with Crippen LogP contribution in [0.25, 0.3) is 0 Å². The molecule has 21 heavy (non-hydrogen) atoms. The summed E-state index contributed by atoms with van der Waals surface area (Å²) in [6.07, 6.45) is 0. The Morgan fingerprint density at radius 1 is 1.19 bits per heavy atom. The first-order chi connectivity index (χ1) is 9.79. The summed E-state index contributed by atoms with van der Waals surface area (Å²) in [5, 5.41) is 0. The fraction of sp³-hybridized carbons (Fsp3) is 0.375. The molecule has 0 aliphatic rings. The van der Waals surface area contributed by atoms with Crippen molar-refractivity contribution in [3.8, 4) is 0 Å². The van der Waals surface area contributed by atoms with Gasteiger partial charge >= 0.3 is 0 Å². The number of nitrogens with zero attached hydrogens (tertiary/aromatic N) is 2. The number of benzene rings is 1. The third-order valence-electron chi connectivity index (χ3n) is 3.08. The van der Waals surface area contributed by atoms with Gasteiger partial charge in [-0.15, -0.1) is 11.8 Å². The lowest BCUT2D eigenvalue weighted by Crippen LogP contribution is -2.17. The molecule has 112 valence electrons. The molecule has 0 aliphatic carbocycles. The predicted octanol–water partition coefficient (Wildman–Crippen LogP) is 4.72. The summed E-state index contributed by atoms with van der Waals surface area (Å²) in [7, 11) is 0. The standard InChI is InChI=1S/C16H20BrN3S/c1-10-7-5-6-8-11(10)21-9-12-19-14(16(2,3)4)13(17)15(18)20-12/h5-8H,9H2,1-4H3,(H2,18,19,20). The minimum absolute atomic E-state index is 0.0715. The van der Waals surface area contributed by atoms with Crippen LogP contribution in [0.1, 0.15) is 37.9 Å². The number of aryl methyl sites for hydroxylation is 1. The number of anilines is 1. The average molecular weight is 366 g/mol. The van der Waals surface area contributed by atoms with Crippen LogP contribution in [-0.2, 0) is 11.2 Å². The monoisotopic (exact) mass is 365 g/mol. The van der Waals surface area contributed by atoms with Gasteiger partial charge in [0.25, 0.3) is 0 Å². The Morgan fingerprint density at radius 3 is 2.48 bits per heavy atom. The van der Waals surface area contributed by atoms with Crippen LogP contribution in [0.3, 0.4) is 0 Å². The second-order valence-electron chi connectivity index (χ2n) is 5.99. The van der Waals surface area contributed by atoms with Gasteiger partial charge in [-0.2, -0.15) is 0 Å². The highest BCUT2D eigenvalue weighted by Crippen LogP contribution is 2.32. The Morgan fingerprint density at radius 2 is 1.86 bits per heavy atom. The molecule has 0 fully saturated rings. The zero-order chi connectivity index (χ0) is 15.6. The number of nitrogens with two attached hydrogens (primary N) is 1. The second-order valence-corrected chi connectivity index (χ2v) is 7.80. The summed E-state index contributed by atoms with van der Waals surface area (Å²) in [5.41, 5.74) is 8.16. The fourth-order valence-electron chi connectivity index (χ4n) is 1.93. The number of thioether (sulfide) groups is 1. The molecule has 0 bridgehead atoms. The van der Waals surface area contributed by atoms with Crippen molar-refractivity contribution in [2.45, 2.75) is 43.8 Å². The molecule has 2 rings (SSSR count). The molecule has 1 aromatic carbocycles. The van der Waals surface area contributed by atoms with E-state index < -0.39 is 0 Å². The van der Waals surface area contributed by atoms with E-state index in [2.05, 4.69) is 60.7 Å². The van der Waals surface area contributed by atoms with E-state index in [0.717, 1.165) is 16.0 Å². The number of hydrogen-bond donors (Lipinski definition) is 1. The van der Waals surface area contributed by atoms with Crippen LogP contribution in [0.5, 0.6) is 0 Å². The lowest BCUT2D eigenvalue weighted by atomic mass is 9.92. The first-order valence-corrected chi connectivity index (χ1v) is 8.57. The molecule has 0 aliphatic heterocycles. The molecule has 3 nitrogen and oxygen atoms in total. The number of aromatic nitrogens is 2. The molecular weight excluding hydrogens is 346 g/mol. The van der Waals surface area contributed by atoms with Crippen molar-refractivity contribution in [1.82, 2.24) is 9.97 Å².